The maximum atomic E-state index is 13.3. The molecule has 1 aromatic heterocycles. The van der Waals surface area contributed by atoms with E-state index in [2.05, 4.69) is 9.82 Å². The van der Waals surface area contributed by atoms with E-state index >= 15 is 0 Å². The number of halogens is 2. The topological polar surface area (TPSA) is 64.0 Å². The van der Waals surface area contributed by atoms with Gasteiger partial charge in [-0.25, -0.2) is 21.9 Å². The van der Waals surface area contributed by atoms with Crippen LogP contribution in [-0.4, -0.2) is 24.7 Å². The van der Waals surface area contributed by atoms with Crippen LogP contribution in [0.5, 0.6) is 0 Å². The summed E-state index contributed by atoms with van der Waals surface area (Å²) in [7, 11) is -3.94. The maximum absolute atomic E-state index is 13.3. The molecule has 3 rings (SSSR count). The Morgan fingerprint density at radius 2 is 1.74 bits per heavy atom. The molecule has 142 valence electrons. The molecule has 5 nitrogen and oxygen atoms in total. The summed E-state index contributed by atoms with van der Waals surface area (Å²) in [5, 5.41) is 4.48. The molecule has 0 amide bonds. The number of rotatable bonds is 6. The molecule has 0 fully saturated rings. The summed E-state index contributed by atoms with van der Waals surface area (Å²) in [6.45, 7) is 4.20. The number of sulfonamides is 1. The van der Waals surface area contributed by atoms with Gasteiger partial charge in [0.2, 0.25) is 10.0 Å². The second-order valence-corrected chi connectivity index (χ2v) is 7.88. The smallest absolute Gasteiger partial charge is 0.240 e. The van der Waals surface area contributed by atoms with Crippen LogP contribution in [0.2, 0.25) is 0 Å². The first-order chi connectivity index (χ1) is 12.8. The average Bonchev–Trinajstić information content (AvgIpc) is 2.91. The number of hydrogen-bond acceptors (Lipinski definition) is 3. The van der Waals surface area contributed by atoms with E-state index in [-0.39, 0.29) is 11.4 Å². The summed E-state index contributed by atoms with van der Waals surface area (Å²) in [5.41, 5.74) is 3.83. The lowest BCUT2D eigenvalue weighted by Gasteiger charge is -2.09. The first-order valence-corrected chi connectivity index (χ1v) is 9.82. The fraction of sp³-hybridized carbons (Fsp3) is 0.211. The second-order valence-electron chi connectivity index (χ2n) is 6.11. The lowest BCUT2D eigenvalue weighted by atomic mass is 10.0. The standard InChI is InChI=1S/C19H19F2N3O2S/c1-13-19(15-6-4-3-5-7-15)14(2)24(23-13)11-10-22-27(25,26)16-8-9-17(20)18(21)12-16/h3-9,12,22H,10-11H2,1-2H3. The monoisotopic (exact) mass is 391 g/mol. The third-order valence-electron chi connectivity index (χ3n) is 4.26. The molecule has 0 spiro atoms. The molecule has 0 radical (unpaired) electrons. The van der Waals surface area contributed by atoms with Crippen molar-refractivity contribution in [3.63, 3.8) is 0 Å². The van der Waals surface area contributed by atoms with Gasteiger partial charge in [-0.3, -0.25) is 4.68 Å². The lowest BCUT2D eigenvalue weighted by Crippen LogP contribution is -2.28. The highest BCUT2D eigenvalue weighted by Crippen LogP contribution is 2.26. The van der Waals surface area contributed by atoms with Crippen LogP contribution in [0.1, 0.15) is 11.4 Å². The van der Waals surface area contributed by atoms with Gasteiger partial charge in [0.25, 0.3) is 0 Å². The number of nitrogens with one attached hydrogen (secondary N) is 1. The Hall–Kier alpha value is -2.58. The molecular formula is C19H19F2N3O2S. The van der Waals surface area contributed by atoms with Crippen LogP contribution in [0, 0.1) is 25.5 Å². The highest BCUT2D eigenvalue weighted by Gasteiger charge is 2.17. The van der Waals surface area contributed by atoms with E-state index < -0.39 is 21.7 Å². The number of hydrogen-bond donors (Lipinski definition) is 1. The van der Waals surface area contributed by atoms with E-state index in [1.165, 1.54) is 0 Å². The van der Waals surface area contributed by atoms with Crippen molar-refractivity contribution in [2.45, 2.75) is 25.3 Å². The molecule has 0 bridgehead atoms. The largest absolute Gasteiger partial charge is 0.268 e. The zero-order valence-electron chi connectivity index (χ0n) is 14.9. The summed E-state index contributed by atoms with van der Waals surface area (Å²) in [6.07, 6.45) is 0. The molecule has 0 aliphatic carbocycles. The van der Waals surface area contributed by atoms with Gasteiger partial charge in [0, 0.05) is 17.8 Å². The van der Waals surface area contributed by atoms with Crippen LogP contribution in [0.25, 0.3) is 11.1 Å². The van der Waals surface area contributed by atoms with Crippen molar-refractivity contribution < 1.29 is 17.2 Å². The van der Waals surface area contributed by atoms with E-state index in [9.17, 15) is 17.2 Å². The zero-order chi connectivity index (χ0) is 19.6. The van der Waals surface area contributed by atoms with Crippen molar-refractivity contribution in [3.05, 3.63) is 71.6 Å². The number of nitrogens with zero attached hydrogens (tertiary/aromatic N) is 2. The Bertz CT molecular complexity index is 1060. The van der Waals surface area contributed by atoms with Gasteiger partial charge < -0.3 is 0 Å². The quantitative estimate of drug-likeness (QED) is 0.700. The lowest BCUT2D eigenvalue weighted by molar-refractivity contribution is 0.503. The zero-order valence-corrected chi connectivity index (χ0v) is 15.7. The third kappa shape index (κ3) is 4.06. The molecular weight excluding hydrogens is 372 g/mol. The summed E-state index contributed by atoms with van der Waals surface area (Å²) in [4.78, 5) is -0.320. The first kappa shape index (κ1) is 19.2. The molecule has 2 aromatic carbocycles. The second kappa shape index (κ2) is 7.58. The van der Waals surface area contributed by atoms with E-state index in [0.29, 0.717) is 12.6 Å². The van der Waals surface area contributed by atoms with Crippen molar-refractivity contribution in [1.82, 2.24) is 14.5 Å². The molecule has 0 unspecified atom stereocenters. The van der Waals surface area contributed by atoms with Gasteiger partial charge in [-0.05, 0) is 37.6 Å². The maximum Gasteiger partial charge on any atom is 0.240 e. The number of aryl methyl sites for hydroxylation is 1. The van der Waals surface area contributed by atoms with Crippen LogP contribution in [0.4, 0.5) is 8.78 Å². The Labute approximate surface area is 156 Å². The highest BCUT2D eigenvalue weighted by atomic mass is 32.2. The molecule has 0 aliphatic rings. The van der Waals surface area contributed by atoms with Gasteiger partial charge in [0.1, 0.15) is 0 Å². The SMILES string of the molecule is Cc1nn(CCNS(=O)(=O)c2ccc(F)c(F)c2)c(C)c1-c1ccccc1. The number of benzene rings is 2. The van der Waals surface area contributed by atoms with E-state index in [4.69, 9.17) is 0 Å². The first-order valence-electron chi connectivity index (χ1n) is 8.34. The minimum atomic E-state index is -3.94. The number of aromatic nitrogens is 2. The van der Waals surface area contributed by atoms with Crippen molar-refractivity contribution in [2.75, 3.05) is 6.54 Å². The Balaban J connectivity index is 1.73. The van der Waals surface area contributed by atoms with E-state index in [1.54, 1.807) is 4.68 Å². The van der Waals surface area contributed by atoms with Gasteiger partial charge in [-0.1, -0.05) is 30.3 Å². The van der Waals surface area contributed by atoms with Gasteiger partial charge >= 0.3 is 0 Å². The normalized spacial score (nSPS) is 11.7. The predicted molar refractivity (Wildman–Crippen MR) is 98.7 cm³/mol. The fourth-order valence-corrected chi connectivity index (χ4v) is 3.98. The highest BCUT2D eigenvalue weighted by molar-refractivity contribution is 7.89. The molecule has 0 atom stereocenters. The Kier molecular flexibility index (Phi) is 5.38. The summed E-state index contributed by atoms with van der Waals surface area (Å²) >= 11 is 0. The average molecular weight is 391 g/mol. The predicted octanol–water partition coefficient (Wildman–Crippen LogP) is 3.42. The molecule has 27 heavy (non-hydrogen) atoms. The minimum absolute atomic E-state index is 0.0670. The van der Waals surface area contributed by atoms with E-state index in [0.717, 1.165) is 34.6 Å². The fourth-order valence-electron chi connectivity index (χ4n) is 2.95. The molecule has 0 saturated carbocycles. The van der Waals surface area contributed by atoms with Gasteiger partial charge in [0.05, 0.1) is 17.1 Å². The van der Waals surface area contributed by atoms with Gasteiger partial charge in [-0.15, -0.1) is 0 Å². The molecule has 1 heterocycles. The third-order valence-corrected chi connectivity index (χ3v) is 5.72. The summed E-state index contributed by atoms with van der Waals surface area (Å²) in [5.74, 6) is -2.30. The molecule has 3 aromatic rings. The van der Waals surface area contributed by atoms with Crippen LogP contribution in [0.15, 0.2) is 53.4 Å². The van der Waals surface area contributed by atoms with Gasteiger partial charge in [0.15, 0.2) is 11.6 Å². The molecule has 0 aliphatic heterocycles. The van der Waals surface area contributed by atoms with E-state index in [1.807, 2.05) is 44.2 Å². The van der Waals surface area contributed by atoms with Crippen LogP contribution in [0.3, 0.4) is 0 Å². The summed E-state index contributed by atoms with van der Waals surface area (Å²) in [6, 6.07) is 12.3. The van der Waals surface area contributed by atoms with Crippen molar-refractivity contribution in [3.8, 4) is 11.1 Å². The Morgan fingerprint density at radius 1 is 1.04 bits per heavy atom. The van der Waals surface area contributed by atoms with Crippen LogP contribution < -0.4 is 4.72 Å². The Morgan fingerprint density at radius 3 is 2.41 bits per heavy atom. The minimum Gasteiger partial charge on any atom is -0.268 e. The molecule has 8 heteroatoms. The summed E-state index contributed by atoms with van der Waals surface area (Å²) < 4.78 is 54.8. The molecule has 0 saturated heterocycles. The van der Waals surface area contributed by atoms with Crippen molar-refractivity contribution >= 4 is 10.0 Å². The van der Waals surface area contributed by atoms with Crippen molar-refractivity contribution in [1.29, 1.82) is 0 Å². The van der Waals surface area contributed by atoms with Gasteiger partial charge in [-0.2, -0.15) is 5.10 Å². The van der Waals surface area contributed by atoms with Crippen LogP contribution in [-0.2, 0) is 16.6 Å². The molecule has 1 N–H and O–H groups in total. The van der Waals surface area contributed by atoms with Crippen LogP contribution >= 0.6 is 0 Å². The van der Waals surface area contributed by atoms with Crippen molar-refractivity contribution in [2.24, 2.45) is 0 Å².